The van der Waals surface area contributed by atoms with Gasteiger partial charge in [0, 0.05) is 17.5 Å². The quantitative estimate of drug-likeness (QED) is 0.795. The van der Waals surface area contributed by atoms with E-state index < -0.39 is 5.97 Å². The monoisotopic (exact) mass is 284 g/mol. The number of hydrogen-bond acceptors (Lipinski definition) is 4. The van der Waals surface area contributed by atoms with Crippen molar-refractivity contribution in [2.75, 3.05) is 0 Å². The van der Waals surface area contributed by atoms with Gasteiger partial charge in [0.15, 0.2) is 5.76 Å². The zero-order valence-corrected chi connectivity index (χ0v) is 11.2. The standard InChI is InChI=1S/C15H12N2O4/c1-9-6-10(21-16-9)8-17-13-5-3-2-4-11(13)12(15(19)20)7-14(17)18/h2-7H,8H2,1H3,(H,19,20). The summed E-state index contributed by atoms with van der Waals surface area (Å²) in [7, 11) is 0. The summed E-state index contributed by atoms with van der Waals surface area (Å²) in [5.74, 6) is -0.575. The molecule has 0 unspecified atom stereocenters. The van der Waals surface area contributed by atoms with E-state index in [2.05, 4.69) is 5.16 Å². The molecule has 0 spiro atoms. The minimum absolute atomic E-state index is 0.000556. The highest BCUT2D eigenvalue weighted by Crippen LogP contribution is 2.18. The van der Waals surface area contributed by atoms with E-state index in [4.69, 9.17) is 4.52 Å². The van der Waals surface area contributed by atoms with Crippen LogP contribution in [0.5, 0.6) is 0 Å². The van der Waals surface area contributed by atoms with Crippen LogP contribution in [0.1, 0.15) is 21.8 Å². The van der Waals surface area contributed by atoms with Gasteiger partial charge in [-0.3, -0.25) is 4.79 Å². The first-order chi connectivity index (χ1) is 10.1. The molecule has 6 heteroatoms. The fraction of sp³-hybridized carbons (Fsp3) is 0.133. The molecule has 3 rings (SSSR count). The lowest BCUT2D eigenvalue weighted by Crippen LogP contribution is -2.22. The Morgan fingerprint density at radius 1 is 1.33 bits per heavy atom. The average Bonchev–Trinajstić information content (AvgIpc) is 2.87. The number of aromatic carboxylic acids is 1. The number of carbonyl (C=O) groups is 1. The summed E-state index contributed by atoms with van der Waals surface area (Å²) < 4.78 is 6.60. The molecular weight excluding hydrogens is 272 g/mol. The van der Waals surface area contributed by atoms with E-state index in [1.807, 2.05) is 0 Å². The number of carboxylic acids is 1. The number of hydrogen-bond donors (Lipinski definition) is 1. The maximum absolute atomic E-state index is 12.2. The normalized spacial score (nSPS) is 10.9. The van der Waals surface area contributed by atoms with Gasteiger partial charge >= 0.3 is 5.97 Å². The number of benzene rings is 1. The first-order valence-electron chi connectivity index (χ1n) is 6.34. The highest BCUT2D eigenvalue weighted by molar-refractivity contribution is 6.02. The summed E-state index contributed by atoms with van der Waals surface area (Å²) >= 11 is 0. The molecule has 0 saturated carbocycles. The van der Waals surface area contributed by atoms with Gasteiger partial charge in [-0.25, -0.2) is 4.79 Å². The maximum Gasteiger partial charge on any atom is 0.336 e. The van der Waals surface area contributed by atoms with Gasteiger partial charge < -0.3 is 14.2 Å². The van der Waals surface area contributed by atoms with Gasteiger partial charge in [0.05, 0.1) is 23.3 Å². The predicted molar refractivity (Wildman–Crippen MR) is 75.5 cm³/mol. The van der Waals surface area contributed by atoms with Crippen LogP contribution in [0.3, 0.4) is 0 Å². The fourth-order valence-electron chi connectivity index (χ4n) is 2.32. The highest BCUT2D eigenvalue weighted by Gasteiger charge is 2.14. The second-order valence-corrected chi connectivity index (χ2v) is 4.74. The van der Waals surface area contributed by atoms with Crippen molar-refractivity contribution in [2.45, 2.75) is 13.5 Å². The second kappa shape index (κ2) is 4.90. The molecule has 0 fully saturated rings. The van der Waals surface area contributed by atoms with Crippen LogP contribution in [0.4, 0.5) is 0 Å². The molecule has 0 radical (unpaired) electrons. The highest BCUT2D eigenvalue weighted by atomic mass is 16.5. The number of nitrogens with zero attached hydrogens (tertiary/aromatic N) is 2. The summed E-state index contributed by atoms with van der Waals surface area (Å²) in [4.78, 5) is 23.5. The largest absolute Gasteiger partial charge is 0.478 e. The molecule has 0 amide bonds. The average molecular weight is 284 g/mol. The van der Waals surface area contributed by atoms with Crippen molar-refractivity contribution in [1.82, 2.24) is 9.72 Å². The molecule has 2 heterocycles. The molecule has 3 aromatic rings. The third-order valence-electron chi connectivity index (χ3n) is 3.24. The smallest absolute Gasteiger partial charge is 0.336 e. The van der Waals surface area contributed by atoms with Gasteiger partial charge in [-0.05, 0) is 13.0 Å². The van der Waals surface area contributed by atoms with E-state index in [9.17, 15) is 14.7 Å². The SMILES string of the molecule is Cc1cc(Cn2c(=O)cc(C(=O)O)c3ccccc32)on1. The van der Waals surface area contributed by atoms with E-state index >= 15 is 0 Å². The molecule has 6 nitrogen and oxygen atoms in total. The van der Waals surface area contributed by atoms with Crippen LogP contribution in [0.15, 0.2) is 45.7 Å². The van der Waals surface area contributed by atoms with Crippen molar-refractivity contribution < 1.29 is 14.4 Å². The first-order valence-corrected chi connectivity index (χ1v) is 6.34. The Morgan fingerprint density at radius 3 is 2.76 bits per heavy atom. The molecule has 1 N–H and O–H groups in total. The van der Waals surface area contributed by atoms with E-state index in [1.54, 1.807) is 37.3 Å². The van der Waals surface area contributed by atoms with Crippen molar-refractivity contribution in [2.24, 2.45) is 0 Å². The zero-order valence-electron chi connectivity index (χ0n) is 11.2. The van der Waals surface area contributed by atoms with Crippen molar-refractivity contribution >= 4 is 16.9 Å². The summed E-state index contributed by atoms with van der Waals surface area (Å²) in [6.45, 7) is 2.00. The maximum atomic E-state index is 12.2. The van der Waals surface area contributed by atoms with Crippen LogP contribution in [-0.2, 0) is 6.54 Å². The van der Waals surface area contributed by atoms with Crippen LogP contribution < -0.4 is 5.56 Å². The van der Waals surface area contributed by atoms with Crippen LogP contribution in [0.25, 0.3) is 10.9 Å². The Bertz CT molecular complexity index is 892. The molecule has 0 bridgehead atoms. The van der Waals surface area contributed by atoms with Gasteiger partial charge in [0.25, 0.3) is 5.56 Å². The van der Waals surface area contributed by atoms with Crippen molar-refractivity contribution in [3.05, 3.63) is 63.8 Å². The molecule has 106 valence electrons. The molecule has 0 saturated heterocycles. The van der Waals surface area contributed by atoms with Gasteiger partial charge in [0.2, 0.25) is 0 Å². The lowest BCUT2D eigenvalue weighted by molar-refractivity contribution is 0.0698. The Labute approximate surface area is 119 Å². The summed E-state index contributed by atoms with van der Waals surface area (Å²) in [5, 5.41) is 13.5. The topological polar surface area (TPSA) is 85.3 Å². The van der Waals surface area contributed by atoms with Crippen molar-refractivity contribution in [3.63, 3.8) is 0 Å². The minimum Gasteiger partial charge on any atom is -0.478 e. The Morgan fingerprint density at radius 2 is 2.10 bits per heavy atom. The predicted octanol–water partition coefficient (Wildman–Crippen LogP) is 2.04. The van der Waals surface area contributed by atoms with Crippen molar-refractivity contribution in [3.8, 4) is 0 Å². The molecule has 0 atom stereocenters. The Kier molecular flexibility index (Phi) is 3.06. The number of pyridine rings is 1. The molecule has 0 aliphatic carbocycles. The number of para-hydroxylation sites is 1. The molecule has 1 aromatic carbocycles. The first kappa shape index (κ1) is 13.1. The Balaban J connectivity index is 2.23. The lowest BCUT2D eigenvalue weighted by Gasteiger charge is -2.10. The van der Waals surface area contributed by atoms with E-state index in [1.165, 1.54) is 4.57 Å². The third-order valence-corrected chi connectivity index (χ3v) is 3.24. The minimum atomic E-state index is -1.12. The summed E-state index contributed by atoms with van der Waals surface area (Å²) in [6, 6.07) is 9.77. The van der Waals surface area contributed by atoms with Gasteiger partial charge in [0.1, 0.15) is 0 Å². The summed E-state index contributed by atoms with van der Waals surface area (Å²) in [5.41, 5.74) is 0.890. The van der Waals surface area contributed by atoms with Crippen molar-refractivity contribution in [1.29, 1.82) is 0 Å². The van der Waals surface area contributed by atoms with Gasteiger partial charge in [-0.1, -0.05) is 23.4 Å². The number of carboxylic acid groups (broad SMARTS) is 1. The van der Waals surface area contributed by atoms with Crippen LogP contribution in [0.2, 0.25) is 0 Å². The zero-order chi connectivity index (χ0) is 15.0. The molecule has 0 aliphatic heterocycles. The number of fused-ring (bicyclic) bond motifs is 1. The van der Waals surface area contributed by atoms with Crippen LogP contribution in [-0.4, -0.2) is 20.8 Å². The Hall–Kier alpha value is -2.89. The molecule has 2 aromatic heterocycles. The third kappa shape index (κ3) is 2.31. The van der Waals surface area contributed by atoms with E-state index in [0.29, 0.717) is 16.7 Å². The van der Waals surface area contributed by atoms with Gasteiger partial charge in [-0.2, -0.15) is 0 Å². The summed E-state index contributed by atoms with van der Waals surface area (Å²) in [6.07, 6.45) is 0. The van der Waals surface area contributed by atoms with Crippen LogP contribution >= 0.6 is 0 Å². The van der Waals surface area contributed by atoms with E-state index in [0.717, 1.165) is 11.8 Å². The number of aromatic nitrogens is 2. The molecule has 21 heavy (non-hydrogen) atoms. The molecule has 0 aliphatic rings. The fourth-order valence-corrected chi connectivity index (χ4v) is 2.32. The second-order valence-electron chi connectivity index (χ2n) is 4.74. The number of rotatable bonds is 3. The molecular formula is C15H12N2O4. The number of aryl methyl sites for hydroxylation is 1. The van der Waals surface area contributed by atoms with Crippen LogP contribution in [0, 0.1) is 6.92 Å². The van der Waals surface area contributed by atoms with E-state index in [-0.39, 0.29) is 17.7 Å². The van der Waals surface area contributed by atoms with Gasteiger partial charge in [-0.15, -0.1) is 0 Å². The lowest BCUT2D eigenvalue weighted by atomic mass is 10.1.